The highest BCUT2D eigenvalue weighted by atomic mass is 16.4. The van der Waals surface area contributed by atoms with Gasteiger partial charge in [0.2, 0.25) is 5.91 Å². The zero-order chi connectivity index (χ0) is 14.9. The summed E-state index contributed by atoms with van der Waals surface area (Å²) in [5, 5.41) is 11.9. The molecule has 21 heavy (non-hydrogen) atoms. The molecule has 2 aliphatic rings. The third-order valence-corrected chi connectivity index (χ3v) is 4.73. The minimum atomic E-state index is -0.858. The molecule has 2 fully saturated rings. The average molecular weight is 289 g/mol. The van der Waals surface area contributed by atoms with Crippen LogP contribution >= 0.6 is 0 Å². The van der Waals surface area contributed by atoms with E-state index in [2.05, 4.69) is 10.3 Å². The second-order valence-electron chi connectivity index (χ2n) is 5.97. The Hall–Kier alpha value is -2.11. The number of amides is 2. The second kappa shape index (κ2) is 5.35. The molecule has 0 bridgehead atoms. The topological polar surface area (TPSA) is 82.5 Å². The van der Waals surface area contributed by atoms with Crippen LogP contribution < -0.4 is 5.32 Å². The van der Waals surface area contributed by atoms with Crippen LogP contribution in [0.1, 0.15) is 24.8 Å². The molecular weight excluding hydrogens is 270 g/mol. The largest absolute Gasteiger partial charge is 0.465 e. The number of likely N-dealkylation sites (tertiary alicyclic amines) is 1. The van der Waals surface area contributed by atoms with Gasteiger partial charge >= 0.3 is 6.09 Å². The molecule has 2 N–H and O–H groups in total. The van der Waals surface area contributed by atoms with Crippen molar-refractivity contribution >= 4 is 12.0 Å². The highest BCUT2D eigenvalue weighted by Crippen LogP contribution is 2.59. The molecule has 0 aromatic carbocycles. The van der Waals surface area contributed by atoms with Crippen LogP contribution in [0.4, 0.5) is 4.79 Å². The van der Waals surface area contributed by atoms with Gasteiger partial charge in [0.1, 0.15) is 0 Å². The Balaban J connectivity index is 1.49. The Morgan fingerprint density at radius 3 is 2.81 bits per heavy atom. The van der Waals surface area contributed by atoms with Crippen LogP contribution in [0.3, 0.4) is 0 Å². The lowest BCUT2D eigenvalue weighted by atomic mass is 9.91. The van der Waals surface area contributed by atoms with Crippen LogP contribution in [0.2, 0.25) is 0 Å². The Kier molecular flexibility index (Phi) is 3.53. The molecule has 2 heterocycles. The van der Waals surface area contributed by atoms with Crippen molar-refractivity contribution in [2.24, 2.45) is 11.3 Å². The fourth-order valence-electron chi connectivity index (χ4n) is 3.23. The number of rotatable bonds is 3. The van der Waals surface area contributed by atoms with Crippen LogP contribution in [0.5, 0.6) is 0 Å². The quantitative estimate of drug-likeness (QED) is 0.883. The first-order chi connectivity index (χ1) is 10.1. The molecule has 1 atom stereocenters. The summed E-state index contributed by atoms with van der Waals surface area (Å²) >= 11 is 0. The van der Waals surface area contributed by atoms with E-state index in [0.717, 1.165) is 24.8 Å². The summed E-state index contributed by atoms with van der Waals surface area (Å²) < 4.78 is 0. The molecule has 112 valence electrons. The third-order valence-electron chi connectivity index (χ3n) is 4.73. The maximum Gasteiger partial charge on any atom is 0.407 e. The molecule has 1 saturated carbocycles. The summed E-state index contributed by atoms with van der Waals surface area (Å²) in [4.78, 5) is 28.6. The lowest BCUT2D eigenvalue weighted by molar-refractivity contribution is -0.123. The summed E-state index contributed by atoms with van der Waals surface area (Å²) in [7, 11) is 0. The lowest BCUT2D eigenvalue weighted by Crippen LogP contribution is -2.39. The van der Waals surface area contributed by atoms with E-state index >= 15 is 0 Å². The molecular formula is C15H19N3O3. The molecule has 3 rings (SSSR count). The molecule has 1 aromatic heterocycles. The summed E-state index contributed by atoms with van der Waals surface area (Å²) in [5.41, 5.74) is 1.03. The fourth-order valence-corrected chi connectivity index (χ4v) is 3.23. The SMILES string of the molecule is O=C(NCc1cccnc1)C1CC12CCN(C(=O)O)CC2. The molecule has 1 aliphatic heterocycles. The van der Waals surface area contributed by atoms with Gasteiger partial charge in [0.15, 0.2) is 0 Å². The van der Waals surface area contributed by atoms with Gasteiger partial charge in [-0.2, -0.15) is 0 Å². The zero-order valence-corrected chi connectivity index (χ0v) is 11.8. The number of pyridine rings is 1. The van der Waals surface area contributed by atoms with Gasteiger partial charge in [-0.1, -0.05) is 6.07 Å². The monoisotopic (exact) mass is 289 g/mol. The fraction of sp³-hybridized carbons (Fsp3) is 0.533. The number of aromatic nitrogens is 1. The molecule has 1 saturated heterocycles. The van der Waals surface area contributed by atoms with Gasteiger partial charge in [-0.25, -0.2) is 4.79 Å². The Morgan fingerprint density at radius 2 is 2.19 bits per heavy atom. The predicted octanol–water partition coefficient (Wildman–Crippen LogP) is 1.48. The van der Waals surface area contributed by atoms with E-state index in [-0.39, 0.29) is 17.2 Å². The van der Waals surface area contributed by atoms with Crippen molar-refractivity contribution in [1.29, 1.82) is 0 Å². The number of nitrogens with zero attached hydrogens (tertiary/aromatic N) is 2. The van der Waals surface area contributed by atoms with Crippen LogP contribution in [0.15, 0.2) is 24.5 Å². The van der Waals surface area contributed by atoms with Gasteiger partial charge < -0.3 is 15.3 Å². The number of carbonyl (C=O) groups excluding carboxylic acids is 1. The van der Waals surface area contributed by atoms with Crippen molar-refractivity contribution in [2.45, 2.75) is 25.8 Å². The smallest absolute Gasteiger partial charge is 0.407 e. The molecule has 0 radical (unpaired) electrons. The van der Waals surface area contributed by atoms with Gasteiger partial charge in [-0.05, 0) is 36.3 Å². The van der Waals surface area contributed by atoms with Gasteiger partial charge in [0, 0.05) is 37.9 Å². The number of hydrogen-bond donors (Lipinski definition) is 2. The average Bonchev–Trinajstić information content (AvgIpc) is 3.20. The van der Waals surface area contributed by atoms with E-state index in [1.54, 1.807) is 12.4 Å². The van der Waals surface area contributed by atoms with Gasteiger partial charge in [-0.3, -0.25) is 9.78 Å². The first-order valence-electron chi connectivity index (χ1n) is 7.25. The minimum absolute atomic E-state index is 0.0464. The van der Waals surface area contributed by atoms with Crippen molar-refractivity contribution in [3.63, 3.8) is 0 Å². The number of hydrogen-bond acceptors (Lipinski definition) is 3. The van der Waals surface area contributed by atoms with E-state index in [1.807, 2.05) is 12.1 Å². The highest BCUT2D eigenvalue weighted by molar-refractivity contribution is 5.82. The van der Waals surface area contributed by atoms with E-state index in [1.165, 1.54) is 4.90 Å². The first kappa shape index (κ1) is 13.9. The van der Waals surface area contributed by atoms with E-state index in [4.69, 9.17) is 5.11 Å². The van der Waals surface area contributed by atoms with Crippen molar-refractivity contribution in [2.75, 3.05) is 13.1 Å². The maximum atomic E-state index is 12.2. The number of carboxylic acid groups (broad SMARTS) is 1. The Labute approximate surface area is 123 Å². The van der Waals surface area contributed by atoms with Gasteiger partial charge in [0.25, 0.3) is 0 Å². The van der Waals surface area contributed by atoms with Gasteiger partial charge in [-0.15, -0.1) is 0 Å². The van der Waals surface area contributed by atoms with Crippen LogP contribution in [0.25, 0.3) is 0 Å². The second-order valence-corrected chi connectivity index (χ2v) is 5.97. The molecule has 6 heteroatoms. The number of piperidine rings is 1. The van der Waals surface area contributed by atoms with Crippen molar-refractivity contribution in [3.8, 4) is 0 Å². The molecule has 1 aromatic rings. The highest BCUT2D eigenvalue weighted by Gasteiger charge is 2.58. The first-order valence-corrected chi connectivity index (χ1v) is 7.25. The Morgan fingerprint density at radius 1 is 1.43 bits per heavy atom. The normalized spacial score (nSPS) is 22.9. The predicted molar refractivity (Wildman–Crippen MR) is 75.5 cm³/mol. The van der Waals surface area contributed by atoms with Gasteiger partial charge in [0.05, 0.1) is 0 Å². The maximum absolute atomic E-state index is 12.2. The van der Waals surface area contributed by atoms with Crippen LogP contribution in [0, 0.1) is 11.3 Å². The standard InChI is InChI=1S/C15H19N3O3/c19-13(17-10-11-2-1-5-16-9-11)12-8-15(12)3-6-18(7-4-15)14(20)21/h1-2,5,9,12H,3-4,6-8,10H2,(H,17,19)(H,20,21). The summed E-state index contributed by atoms with van der Waals surface area (Å²) in [6.07, 6.45) is 5.07. The summed E-state index contributed by atoms with van der Waals surface area (Å²) in [6.45, 7) is 1.59. The summed E-state index contributed by atoms with van der Waals surface area (Å²) in [6, 6.07) is 3.78. The van der Waals surface area contributed by atoms with Crippen molar-refractivity contribution in [3.05, 3.63) is 30.1 Å². The minimum Gasteiger partial charge on any atom is -0.465 e. The number of carbonyl (C=O) groups is 2. The molecule has 6 nitrogen and oxygen atoms in total. The van der Waals surface area contributed by atoms with Crippen LogP contribution in [-0.4, -0.2) is 40.1 Å². The van der Waals surface area contributed by atoms with Crippen molar-refractivity contribution in [1.82, 2.24) is 15.2 Å². The summed E-state index contributed by atoms with van der Waals surface area (Å²) in [5.74, 6) is 0.132. The van der Waals surface area contributed by atoms with E-state index in [0.29, 0.717) is 19.6 Å². The Bertz CT molecular complexity index is 538. The molecule has 1 spiro atoms. The molecule has 2 amide bonds. The zero-order valence-electron chi connectivity index (χ0n) is 11.8. The van der Waals surface area contributed by atoms with E-state index in [9.17, 15) is 9.59 Å². The van der Waals surface area contributed by atoms with E-state index < -0.39 is 6.09 Å². The number of nitrogens with one attached hydrogen (secondary N) is 1. The van der Waals surface area contributed by atoms with Crippen molar-refractivity contribution < 1.29 is 14.7 Å². The molecule has 1 aliphatic carbocycles. The lowest BCUT2D eigenvalue weighted by Gasteiger charge is -2.30. The van der Waals surface area contributed by atoms with Crippen LogP contribution in [-0.2, 0) is 11.3 Å². The third kappa shape index (κ3) is 2.84. The molecule has 1 unspecified atom stereocenters.